The van der Waals surface area contributed by atoms with Crippen LogP contribution in [0.25, 0.3) is 0 Å². The summed E-state index contributed by atoms with van der Waals surface area (Å²) in [4.78, 5) is 12.4. The number of piperidine rings is 1. The van der Waals surface area contributed by atoms with E-state index in [-0.39, 0.29) is 11.3 Å². The van der Waals surface area contributed by atoms with E-state index in [9.17, 15) is 4.79 Å². The first-order valence-electron chi connectivity index (χ1n) is 7.13. The average Bonchev–Trinajstić information content (AvgIpc) is 2.40. The molecule has 0 radical (unpaired) electrons. The minimum absolute atomic E-state index is 0.145. The smallest absolute Gasteiger partial charge is 0.230 e. The quantitative estimate of drug-likeness (QED) is 0.876. The van der Waals surface area contributed by atoms with Crippen LogP contribution in [0.5, 0.6) is 0 Å². The molecule has 1 aromatic carbocycles. The van der Waals surface area contributed by atoms with Gasteiger partial charge in [0.1, 0.15) is 0 Å². The van der Waals surface area contributed by atoms with Crippen LogP contribution in [0, 0.1) is 5.41 Å². The highest BCUT2D eigenvalue weighted by atomic mass is 16.2. The molecule has 1 amide bonds. The Morgan fingerprint density at radius 3 is 2.32 bits per heavy atom. The van der Waals surface area contributed by atoms with Crippen LogP contribution in [-0.2, 0) is 4.79 Å². The van der Waals surface area contributed by atoms with E-state index in [0.29, 0.717) is 5.92 Å². The zero-order valence-electron chi connectivity index (χ0n) is 12.1. The van der Waals surface area contributed by atoms with E-state index < -0.39 is 0 Å². The summed E-state index contributed by atoms with van der Waals surface area (Å²) in [6, 6.07) is 8.17. The molecule has 0 spiro atoms. The number of carbonyl (C=O) groups is 1. The fraction of sp³-hybridized carbons (Fsp3) is 0.562. The van der Waals surface area contributed by atoms with Gasteiger partial charge in [0, 0.05) is 11.1 Å². The molecule has 1 heterocycles. The summed E-state index contributed by atoms with van der Waals surface area (Å²) >= 11 is 0. The third kappa shape index (κ3) is 3.35. The van der Waals surface area contributed by atoms with Crippen molar-refractivity contribution in [3.8, 4) is 0 Å². The molecule has 1 fully saturated rings. The molecule has 0 aromatic heterocycles. The highest BCUT2D eigenvalue weighted by Crippen LogP contribution is 2.29. The molecule has 3 heteroatoms. The minimum Gasteiger partial charge on any atom is -0.326 e. The lowest BCUT2D eigenvalue weighted by Crippen LogP contribution is -2.42. The van der Waals surface area contributed by atoms with Gasteiger partial charge >= 0.3 is 0 Å². The maximum atomic E-state index is 12.4. The van der Waals surface area contributed by atoms with Crippen molar-refractivity contribution in [2.75, 3.05) is 18.4 Å². The Balaban J connectivity index is 2.02. The summed E-state index contributed by atoms with van der Waals surface area (Å²) in [5.74, 6) is 0.665. The number of hydrogen-bond donors (Lipinski definition) is 2. The van der Waals surface area contributed by atoms with Gasteiger partial charge in [0.2, 0.25) is 5.91 Å². The standard InChI is InChI=1S/C16H24N2O/c1-12(2)13-4-6-14(7-5-13)18-15(19)16(3)8-10-17-11-9-16/h4-7,12,17H,8-11H2,1-3H3,(H,18,19). The van der Waals surface area contributed by atoms with Gasteiger partial charge in [0.05, 0.1) is 0 Å². The van der Waals surface area contributed by atoms with Gasteiger partial charge < -0.3 is 10.6 Å². The monoisotopic (exact) mass is 260 g/mol. The number of amides is 1. The van der Waals surface area contributed by atoms with Crippen LogP contribution in [0.15, 0.2) is 24.3 Å². The topological polar surface area (TPSA) is 41.1 Å². The number of rotatable bonds is 3. The summed E-state index contributed by atoms with van der Waals surface area (Å²) in [6.45, 7) is 8.26. The zero-order valence-corrected chi connectivity index (χ0v) is 12.1. The maximum absolute atomic E-state index is 12.4. The summed E-state index contributed by atoms with van der Waals surface area (Å²) < 4.78 is 0. The third-order valence-corrected chi connectivity index (χ3v) is 4.09. The van der Waals surface area contributed by atoms with E-state index in [1.807, 2.05) is 12.1 Å². The van der Waals surface area contributed by atoms with E-state index in [1.165, 1.54) is 5.56 Å². The van der Waals surface area contributed by atoms with Crippen LogP contribution in [-0.4, -0.2) is 19.0 Å². The lowest BCUT2D eigenvalue weighted by molar-refractivity contribution is -0.126. The molecule has 1 aromatic rings. The van der Waals surface area contributed by atoms with Crippen molar-refractivity contribution in [3.05, 3.63) is 29.8 Å². The molecule has 1 aliphatic heterocycles. The largest absolute Gasteiger partial charge is 0.326 e. The molecular weight excluding hydrogens is 236 g/mol. The summed E-state index contributed by atoms with van der Waals surface area (Å²) in [5.41, 5.74) is 1.96. The predicted molar refractivity (Wildman–Crippen MR) is 79.4 cm³/mol. The second kappa shape index (κ2) is 5.74. The molecule has 0 aliphatic carbocycles. The van der Waals surface area contributed by atoms with Crippen LogP contribution in [0.3, 0.4) is 0 Å². The van der Waals surface area contributed by atoms with Crippen molar-refractivity contribution >= 4 is 11.6 Å². The van der Waals surface area contributed by atoms with Crippen molar-refractivity contribution in [2.24, 2.45) is 5.41 Å². The van der Waals surface area contributed by atoms with E-state index in [4.69, 9.17) is 0 Å². The molecule has 0 saturated carbocycles. The van der Waals surface area contributed by atoms with Gasteiger partial charge in [-0.2, -0.15) is 0 Å². The first-order chi connectivity index (χ1) is 9.01. The minimum atomic E-state index is -0.234. The number of anilines is 1. The third-order valence-electron chi connectivity index (χ3n) is 4.09. The Bertz CT molecular complexity index is 431. The highest BCUT2D eigenvalue weighted by Gasteiger charge is 2.34. The molecule has 0 bridgehead atoms. The molecular formula is C16H24N2O. The lowest BCUT2D eigenvalue weighted by atomic mass is 9.80. The Kier molecular flexibility index (Phi) is 4.25. The van der Waals surface area contributed by atoms with Crippen LogP contribution < -0.4 is 10.6 Å². The fourth-order valence-corrected chi connectivity index (χ4v) is 2.44. The van der Waals surface area contributed by atoms with Crippen LogP contribution >= 0.6 is 0 Å². The van der Waals surface area contributed by atoms with E-state index >= 15 is 0 Å². The van der Waals surface area contributed by atoms with Crippen molar-refractivity contribution < 1.29 is 4.79 Å². The van der Waals surface area contributed by atoms with Gasteiger partial charge in [-0.25, -0.2) is 0 Å². The Morgan fingerprint density at radius 2 is 1.79 bits per heavy atom. The molecule has 3 nitrogen and oxygen atoms in total. The van der Waals surface area contributed by atoms with Gasteiger partial charge in [-0.3, -0.25) is 4.79 Å². The van der Waals surface area contributed by atoms with Crippen LogP contribution in [0.4, 0.5) is 5.69 Å². The summed E-state index contributed by atoms with van der Waals surface area (Å²) in [6.07, 6.45) is 1.81. The number of hydrogen-bond acceptors (Lipinski definition) is 2. The summed E-state index contributed by atoms with van der Waals surface area (Å²) in [7, 11) is 0. The molecule has 104 valence electrons. The maximum Gasteiger partial charge on any atom is 0.230 e. The first kappa shape index (κ1) is 14.1. The van der Waals surface area contributed by atoms with Gasteiger partial charge in [0.15, 0.2) is 0 Å². The first-order valence-corrected chi connectivity index (χ1v) is 7.13. The Hall–Kier alpha value is -1.35. The second-order valence-corrected chi connectivity index (χ2v) is 6.04. The number of benzene rings is 1. The zero-order chi connectivity index (χ0) is 13.9. The van der Waals surface area contributed by atoms with E-state index in [0.717, 1.165) is 31.6 Å². The van der Waals surface area contributed by atoms with Gasteiger partial charge in [-0.1, -0.05) is 32.9 Å². The van der Waals surface area contributed by atoms with Crippen molar-refractivity contribution in [3.63, 3.8) is 0 Å². The van der Waals surface area contributed by atoms with Gasteiger partial charge in [-0.15, -0.1) is 0 Å². The second-order valence-electron chi connectivity index (χ2n) is 6.04. The average molecular weight is 260 g/mol. The van der Waals surface area contributed by atoms with Crippen molar-refractivity contribution in [1.82, 2.24) is 5.32 Å². The SMILES string of the molecule is CC(C)c1ccc(NC(=O)C2(C)CCNCC2)cc1. The van der Waals surface area contributed by atoms with Crippen molar-refractivity contribution in [2.45, 2.75) is 39.5 Å². The normalized spacial score (nSPS) is 18.3. The number of nitrogens with one attached hydrogen (secondary N) is 2. The molecule has 1 saturated heterocycles. The molecule has 1 aliphatic rings. The molecule has 19 heavy (non-hydrogen) atoms. The molecule has 2 N–H and O–H groups in total. The predicted octanol–water partition coefficient (Wildman–Crippen LogP) is 3.14. The Morgan fingerprint density at radius 1 is 1.21 bits per heavy atom. The molecule has 0 unspecified atom stereocenters. The van der Waals surface area contributed by atoms with Gasteiger partial charge in [-0.05, 0) is 49.5 Å². The lowest BCUT2D eigenvalue weighted by Gasteiger charge is -2.32. The van der Waals surface area contributed by atoms with Crippen LogP contribution in [0.1, 0.15) is 45.1 Å². The van der Waals surface area contributed by atoms with Crippen LogP contribution in [0.2, 0.25) is 0 Å². The fourth-order valence-electron chi connectivity index (χ4n) is 2.44. The molecule has 2 rings (SSSR count). The number of carbonyl (C=O) groups excluding carboxylic acids is 1. The highest BCUT2D eigenvalue weighted by molar-refractivity contribution is 5.95. The van der Waals surface area contributed by atoms with Gasteiger partial charge in [0.25, 0.3) is 0 Å². The van der Waals surface area contributed by atoms with Crippen molar-refractivity contribution in [1.29, 1.82) is 0 Å². The van der Waals surface area contributed by atoms with E-state index in [2.05, 4.69) is 43.5 Å². The summed E-state index contributed by atoms with van der Waals surface area (Å²) in [5, 5.41) is 6.35. The Labute approximate surface area is 115 Å². The van der Waals surface area contributed by atoms with E-state index in [1.54, 1.807) is 0 Å². The molecule has 0 atom stereocenters.